The van der Waals surface area contributed by atoms with Crippen molar-refractivity contribution in [2.45, 2.75) is 63.0 Å². The average molecular weight is 156 g/mol. The minimum Gasteiger partial charge on any atom is -0.328 e. The quantitative estimate of drug-likeness (QED) is 0.508. The van der Waals surface area contributed by atoms with Gasteiger partial charge in [0.05, 0.1) is 0 Å². The Kier molecular flexibility index (Phi) is 4.84. The van der Waals surface area contributed by atoms with Crippen molar-refractivity contribution in [3.63, 3.8) is 0 Å². The molecule has 0 atom stereocenters. The van der Waals surface area contributed by atoms with E-state index in [4.69, 9.17) is 0 Å². The van der Waals surface area contributed by atoms with Crippen LogP contribution in [0, 0.1) is 0 Å². The molecule has 0 nitrogen and oxygen atoms in total. The van der Waals surface area contributed by atoms with Crippen molar-refractivity contribution in [2.75, 3.05) is 0 Å². The standard InChI is InChI=1S/C10H18B.Li/c1-2-6-9(5-1)11-10-7-3-4-8-10;/h9-10H,1-8H2;/q-1;+1. The third kappa shape index (κ3) is 2.86. The minimum absolute atomic E-state index is 0. The molecule has 0 heterocycles. The molecule has 2 heteroatoms. The van der Waals surface area contributed by atoms with Crippen molar-refractivity contribution < 1.29 is 18.9 Å². The van der Waals surface area contributed by atoms with Crippen LogP contribution >= 0.6 is 0 Å². The van der Waals surface area contributed by atoms with E-state index < -0.39 is 0 Å². The van der Waals surface area contributed by atoms with Crippen molar-refractivity contribution in [1.82, 2.24) is 0 Å². The molecule has 12 heavy (non-hydrogen) atoms. The first-order valence-corrected chi connectivity index (χ1v) is 5.30. The average Bonchev–Trinajstić information content (AvgIpc) is 2.60. The van der Waals surface area contributed by atoms with Crippen LogP contribution in [0.2, 0.25) is 11.6 Å². The second-order valence-electron chi connectivity index (χ2n) is 4.28. The summed E-state index contributed by atoms with van der Waals surface area (Å²) >= 11 is 0. The molecule has 0 unspecified atom stereocenters. The van der Waals surface area contributed by atoms with E-state index in [1.165, 1.54) is 51.4 Å². The predicted octanol–water partition coefficient (Wildman–Crippen LogP) is 0.420. The van der Waals surface area contributed by atoms with Gasteiger partial charge in [0.2, 0.25) is 0 Å². The van der Waals surface area contributed by atoms with Crippen LogP contribution in [0.15, 0.2) is 0 Å². The summed E-state index contributed by atoms with van der Waals surface area (Å²) < 4.78 is 0. The maximum atomic E-state index is 2.68. The number of hydrogen-bond donors (Lipinski definition) is 0. The largest absolute Gasteiger partial charge is 1.00 e. The Morgan fingerprint density at radius 2 is 1.00 bits per heavy atom. The Labute approximate surface area is 89.3 Å². The smallest absolute Gasteiger partial charge is 0.328 e. The van der Waals surface area contributed by atoms with Crippen LogP contribution in [0.4, 0.5) is 0 Å². The number of rotatable bonds is 2. The zero-order chi connectivity index (χ0) is 7.52. The van der Waals surface area contributed by atoms with Gasteiger partial charge in [-0.3, -0.25) is 0 Å². The van der Waals surface area contributed by atoms with E-state index in [0.717, 1.165) is 11.6 Å². The molecule has 0 N–H and O–H groups in total. The third-order valence-corrected chi connectivity index (χ3v) is 3.34. The van der Waals surface area contributed by atoms with Gasteiger partial charge in [0, 0.05) is 0 Å². The molecule has 2 fully saturated rings. The van der Waals surface area contributed by atoms with Gasteiger partial charge < -0.3 is 7.28 Å². The van der Waals surface area contributed by atoms with Gasteiger partial charge in [0.15, 0.2) is 0 Å². The molecule has 0 aromatic carbocycles. The van der Waals surface area contributed by atoms with Gasteiger partial charge in [-0.2, -0.15) is 0 Å². The molecule has 0 aromatic heterocycles. The van der Waals surface area contributed by atoms with E-state index in [1.807, 2.05) is 0 Å². The molecule has 2 saturated carbocycles. The summed E-state index contributed by atoms with van der Waals surface area (Å²) in [6.07, 6.45) is 12.0. The fourth-order valence-electron chi connectivity index (χ4n) is 2.68. The summed E-state index contributed by atoms with van der Waals surface area (Å²) in [7, 11) is 2.68. The Balaban J connectivity index is 0.000000720. The van der Waals surface area contributed by atoms with E-state index in [-0.39, 0.29) is 18.9 Å². The van der Waals surface area contributed by atoms with Gasteiger partial charge in [-0.25, -0.2) is 11.6 Å². The first kappa shape index (κ1) is 10.7. The molecule has 2 aliphatic rings. The Bertz CT molecular complexity index is 101. The second-order valence-corrected chi connectivity index (χ2v) is 4.28. The molecular formula is C10H18BLi. The van der Waals surface area contributed by atoms with E-state index in [2.05, 4.69) is 7.28 Å². The molecule has 0 bridgehead atoms. The Morgan fingerprint density at radius 3 is 1.33 bits per heavy atom. The zero-order valence-electron chi connectivity index (χ0n) is 8.39. The molecular weight excluding hydrogens is 138 g/mol. The van der Waals surface area contributed by atoms with Crippen LogP contribution in [-0.4, -0.2) is 7.28 Å². The van der Waals surface area contributed by atoms with Gasteiger partial charge >= 0.3 is 18.9 Å². The topological polar surface area (TPSA) is 0 Å². The fraction of sp³-hybridized carbons (Fsp3) is 1.00. The van der Waals surface area contributed by atoms with Gasteiger partial charge in [0.25, 0.3) is 0 Å². The molecule has 62 valence electrons. The molecule has 2 rings (SSSR count). The van der Waals surface area contributed by atoms with Crippen molar-refractivity contribution in [3.05, 3.63) is 0 Å². The van der Waals surface area contributed by atoms with Crippen molar-refractivity contribution in [1.29, 1.82) is 0 Å². The van der Waals surface area contributed by atoms with E-state index in [1.54, 1.807) is 0 Å². The predicted molar refractivity (Wildman–Crippen MR) is 50.2 cm³/mol. The SMILES string of the molecule is [B-](C1CCCC1)C1CCCC1.[Li+]. The minimum atomic E-state index is 0. The Hall–Kier alpha value is 0.662. The van der Waals surface area contributed by atoms with Crippen LogP contribution in [0.3, 0.4) is 0 Å². The van der Waals surface area contributed by atoms with Crippen LogP contribution in [0.25, 0.3) is 0 Å². The normalized spacial score (nSPS) is 26.0. The summed E-state index contributed by atoms with van der Waals surface area (Å²) in [5.41, 5.74) is 0. The first-order valence-electron chi connectivity index (χ1n) is 5.30. The molecule has 0 aliphatic heterocycles. The number of hydrogen-bond acceptors (Lipinski definition) is 0. The van der Waals surface area contributed by atoms with Crippen LogP contribution in [0.5, 0.6) is 0 Å². The summed E-state index contributed by atoms with van der Waals surface area (Å²) in [6, 6.07) is 0. The summed E-state index contributed by atoms with van der Waals surface area (Å²) in [5, 5.41) is 0. The summed E-state index contributed by atoms with van der Waals surface area (Å²) in [6.45, 7) is 0. The first-order chi connectivity index (χ1) is 5.45. The molecule has 0 saturated heterocycles. The molecule has 0 aromatic rings. The van der Waals surface area contributed by atoms with E-state index in [0.29, 0.717) is 0 Å². The maximum absolute atomic E-state index is 2.68. The molecule has 0 spiro atoms. The van der Waals surface area contributed by atoms with Gasteiger partial charge in [-0.15, -0.1) is 0 Å². The van der Waals surface area contributed by atoms with Crippen molar-refractivity contribution in [3.8, 4) is 0 Å². The second kappa shape index (κ2) is 5.40. The van der Waals surface area contributed by atoms with Gasteiger partial charge in [0.1, 0.15) is 0 Å². The monoisotopic (exact) mass is 156 g/mol. The molecule has 2 aliphatic carbocycles. The van der Waals surface area contributed by atoms with Crippen molar-refractivity contribution in [2.24, 2.45) is 0 Å². The van der Waals surface area contributed by atoms with Gasteiger partial charge in [-0.05, 0) is 0 Å². The zero-order valence-corrected chi connectivity index (χ0v) is 8.39. The maximum Gasteiger partial charge on any atom is 1.00 e. The Morgan fingerprint density at radius 1 is 0.667 bits per heavy atom. The van der Waals surface area contributed by atoms with Gasteiger partial charge in [-0.1, -0.05) is 51.4 Å². The van der Waals surface area contributed by atoms with E-state index in [9.17, 15) is 0 Å². The fourth-order valence-corrected chi connectivity index (χ4v) is 2.68. The van der Waals surface area contributed by atoms with Crippen LogP contribution in [-0.2, 0) is 0 Å². The summed E-state index contributed by atoms with van der Waals surface area (Å²) in [4.78, 5) is 0. The van der Waals surface area contributed by atoms with Crippen LogP contribution in [0.1, 0.15) is 51.4 Å². The molecule has 0 amide bonds. The molecule has 2 radical (unpaired) electrons. The van der Waals surface area contributed by atoms with Crippen molar-refractivity contribution >= 4 is 7.28 Å². The van der Waals surface area contributed by atoms with E-state index >= 15 is 0 Å². The van der Waals surface area contributed by atoms with Crippen LogP contribution < -0.4 is 18.9 Å². The third-order valence-electron chi connectivity index (χ3n) is 3.34. The summed E-state index contributed by atoms with van der Waals surface area (Å²) in [5.74, 6) is 2.02.